The molecule has 4 rings (SSSR count). The van der Waals surface area contributed by atoms with Gasteiger partial charge in [-0.1, -0.05) is 47.5 Å². The lowest BCUT2D eigenvalue weighted by molar-refractivity contribution is 0.102. The van der Waals surface area contributed by atoms with E-state index in [0.29, 0.717) is 33.7 Å². The van der Waals surface area contributed by atoms with Gasteiger partial charge in [-0.05, 0) is 38.1 Å². The van der Waals surface area contributed by atoms with Crippen LogP contribution in [0.3, 0.4) is 0 Å². The van der Waals surface area contributed by atoms with Crippen LogP contribution in [0.25, 0.3) is 5.69 Å². The van der Waals surface area contributed by atoms with Crippen LogP contribution in [0, 0.1) is 13.8 Å². The zero-order chi connectivity index (χ0) is 21.3. The molecule has 2 heterocycles. The number of nitrogens with zero attached hydrogens (tertiary/aromatic N) is 4. The number of amides is 1. The lowest BCUT2D eigenvalue weighted by Gasteiger charge is -2.07. The van der Waals surface area contributed by atoms with Crippen molar-refractivity contribution in [3.63, 3.8) is 0 Å². The Hall–Kier alpha value is -3.09. The number of anilines is 1. The van der Waals surface area contributed by atoms with Gasteiger partial charge in [-0.3, -0.25) is 9.48 Å². The Bertz CT molecular complexity index is 1190. The molecule has 6 nitrogen and oxygen atoms in total. The van der Waals surface area contributed by atoms with Crippen LogP contribution in [0.1, 0.15) is 27.3 Å². The molecule has 2 aromatic carbocycles. The van der Waals surface area contributed by atoms with E-state index < -0.39 is 0 Å². The Morgan fingerprint density at radius 3 is 2.37 bits per heavy atom. The lowest BCUT2D eigenvalue weighted by atomic mass is 10.2. The molecule has 0 radical (unpaired) electrons. The number of halogens is 2. The number of aryl methyl sites for hydroxylation is 1. The molecule has 1 amide bonds. The third-order valence-corrected chi connectivity index (χ3v) is 5.49. The van der Waals surface area contributed by atoms with Crippen LogP contribution >= 0.6 is 23.2 Å². The van der Waals surface area contributed by atoms with E-state index in [9.17, 15) is 4.79 Å². The minimum absolute atomic E-state index is 0.256. The summed E-state index contributed by atoms with van der Waals surface area (Å²) in [4.78, 5) is 12.9. The molecule has 0 aliphatic heterocycles. The van der Waals surface area contributed by atoms with Gasteiger partial charge < -0.3 is 5.32 Å². The van der Waals surface area contributed by atoms with Crippen LogP contribution in [0.2, 0.25) is 10.0 Å². The van der Waals surface area contributed by atoms with Gasteiger partial charge in [0, 0.05) is 27.9 Å². The number of aromatic nitrogens is 4. The molecule has 0 spiro atoms. The average molecular weight is 440 g/mol. The number of benzene rings is 2. The highest BCUT2D eigenvalue weighted by atomic mass is 35.5. The Kier molecular flexibility index (Phi) is 5.61. The zero-order valence-corrected chi connectivity index (χ0v) is 17.9. The maximum absolute atomic E-state index is 12.9. The second kappa shape index (κ2) is 8.34. The van der Waals surface area contributed by atoms with Crippen molar-refractivity contribution in [1.82, 2.24) is 19.6 Å². The molecule has 0 atom stereocenters. The summed E-state index contributed by atoms with van der Waals surface area (Å²) in [5.41, 5.74) is 3.62. The van der Waals surface area contributed by atoms with Crippen molar-refractivity contribution in [2.75, 3.05) is 5.32 Å². The summed E-state index contributed by atoms with van der Waals surface area (Å²) in [5.74, 6) is 0.183. The van der Waals surface area contributed by atoms with E-state index in [-0.39, 0.29) is 5.91 Å². The normalized spacial score (nSPS) is 10.9. The van der Waals surface area contributed by atoms with Crippen molar-refractivity contribution in [3.05, 3.63) is 93.4 Å². The summed E-state index contributed by atoms with van der Waals surface area (Å²) < 4.78 is 3.44. The van der Waals surface area contributed by atoms with E-state index in [2.05, 4.69) is 15.5 Å². The minimum atomic E-state index is -0.256. The molecule has 0 bridgehead atoms. The molecule has 4 aromatic rings. The molecule has 0 aliphatic rings. The van der Waals surface area contributed by atoms with Gasteiger partial charge in [-0.2, -0.15) is 10.2 Å². The number of hydrogen-bond donors (Lipinski definition) is 1. The number of carbonyl (C=O) groups excluding carboxylic acids is 1. The molecule has 0 fully saturated rings. The summed E-state index contributed by atoms with van der Waals surface area (Å²) in [7, 11) is 0. The van der Waals surface area contributed by atoms with Crippen molar-refractivity contribution in [3.8, 4) is 5.69 Å². The molecule has 8 heteroatoms. The van der Waals surface area contributed by atoms with Gasteiger partial charge >= 0.3 is 0 Å². The fourth-order valence-corrected chi connectivity index (χ4v) is 3.85. The van der Waals surface area contributed by atoms with Crippen LogP contribution in [0.5, 0.6) is 0 Å². The molecule has 2 aromatic heterocycles. The molecule has 0 saturated carbocycles. The molecular formula is C22H19Cl2N5O. The first-order valence-corrected chi connectivity index (χ1v) is 10.1. The van der Waals surface area contributed by atoms with Crippen LogP contribution in [0.4, 0.5) is 5.82 Å². The van der Waals surface area contributed by atoms with Crippen molar-refractivity contribution < 1.29 is 4.79 Å². The Balaban J connectivity index is 1.54. The third kappa shape index (κ3) is 3.97. The lowest BCUT2D eigenvalue weighted by Crippen LogP contribution is -2.15. The molecule has 0 aliphatic carbocycles. The number of nitrogens with one attached hydrogen (secondary N) is 1. The van der Waals surface area contributed by atoms with E-state index in [0.717, 1.165) is 16.9 Å². The second-order valence-electron chi connectivity index (χ2n) is 6.85. The average Bonchev–Trinajstić information content (AvgIpc) is 3.28. The maximum Gasteiger partial charge on any atom is 0.260 e. The highest BCUT2D eigenvalue weighted by Gasteiger charge is 2.20. The highest BCUT2D eigenvalue weighted by molar-refractivity contribution is 6.35. The van der Waals surface area contributed by atoms with E-state index in [1.54, 1.807) is 39.8 Å². The third-order valence-electron chi connectivity index (χ3n) is 4.78. The van der Waals surface area contributed by atoms with Crippen molar-refractivity contribution >= 4 is 34.9 Å². The van der Waals surface area contributed by atoms with Crippen LogP contribution < -0.4 is 5.32 Å². The second-order valence-corrected chi connectivity index (χ2v) is 7.66. The zero-order valence-electron chi connectivity index (χ0n) is 16.4. The summed E-state index contributed by atoms with van der Waals surface area (Å²) in [6.45, 7) is 4.09. The Labute approximate surface area is 184 Å². The summed E-state index contributed by atoms with van der Waals surface area (Å²) >= 11 is 12.5. The fourth-order valence-electron chi connectivity index (χ4n) is 3.33. The Morgan fingerprint density at radius 1 is 0.967 bits per heavy atom. The number of rotatable bonds is 5. The van der Waals surface area contributed by atoms with Crippen LogP contribution in [-0.4, -0.2) is 25.5 Å². The first kappa shape index (κ1) is 20.2. The van der Waals surface area contributed by atoms with Gasteiger partial charge in [0.2, 0.25) is 0 Å². The molecule has 152 valence electrons. The number of carbonyl (C=O) groups is 1. The first-order valence-electron chi connectivity index (χ1n) is 9.33. The van der Waals surface area contributed by atoms with Gasteiger partial charge in [-0.15, -0.1) is 0 Å². The molecule has 30 heavy (non-hydrogen) atoms. The first-order chi connectivity index (χ1) is 14.4. The van der Waals surface area contributed by atoms with Crippen molar-refractivity contribution in [1.29, 1.82) is 0 Å². The summed E-state index contributed by atoms with van der Waals surface area (Å²) in [6.07, 6.45) is 1.77. The van der Waals surface area contributed by atoms with Gasteiger partial charge in [0.1, 0.15) is 0 Å². The SMILES string of the molecule is Cc1nn(-c2ccccc2)c(C)c1C(=O)Nc1ccn(Cc2c(Cl)cccc2Cl)n1. The Morgan fingerprint density at radius 2 is 1.67 bits per heavy atom. The van der Waals surface area contributed by atoms with E-state index in [4.69, 9.17) is 23.2 Å². The quantitative estimate of drug-likeness (QED) is 0.459. The maximum atomic E-state index is 12.9. The van der Waals surface area contributed by atoms with Crippen LogP contribution in [-0.2, 0) is 6.54 Å². The fraction of sp³-hybridized carbons (Fsp3) is 0.136. The highest BCUT2D eigenvalue weighted by Crippen LogP contribution is 2.25. The van der Waals surface area contributed by atoms with E-state index in [1.807, 2.05) is 44.2 Å². The van der Waals surface area contributed by atoms with Crippen molar-refractivity contribution in [2.45, 2.75) is 20.4 Å². The number of para-hydroxylation sites is 1. The molecule has 1 N–H and O–H groups in total. The van der Waals surface area contributed by atoms with E-state index in [1.165, 1.54) is 0 Å². The predicted octanol–water partition coefficient (Wildman–Crippen LogP) is 5.29. The molecular weight excluding hydrogens is 421 g/mol. The van der Waals surface area contributed by atoms with Crippen molar-refractivity contribution in [2.24, 2.45) is 0 Å². The molecule has 0 saturated heterocycles. The van der Waals surface area contributed by atoms with E-state index >= 15 is 0 Å². The van der Waals surface area contributed by atoms with Gasteiger partial charge in [0.15, 0.2) is 5.82 Å². The van der Waals surface area contributed by atoms with Crippen LogP contribution in [0.15, 0.2) is 60.8 Å². The summed E-state index contributed by atoms with van der Waals surface area (Å²) in [5, 5.41) is 12.9. The predicted molar refractivity (Wildman–Crippen MR) is 119 cm³/mol. The smallest absolute Gasteiger partial charge is 0.260 e. The summed E-state index contributed by atoms with van der Waals surface area (Å²) in [6, 6.07) is 16.8. The minimum Gasteiger partial charge on any atom is -0.305 e. The van der Waals surface area contributed by atoms with Gasteiger partial charge in [0.25, 0.3) is 5.91 Å². The topological polar surface area (TPSA) is 64.7 Å². The standard InChI is InChI=1S/C22H19Cl2N5O/c1-14-21(15(2)29(26-14)16-7-4-3-5-8-16)22(30)25-20-11-12-28(27-20)13-17-18(23)9-6-10-19(17)24/h3-12H,13H2,1-2H3,(H,25,27,30). The largest absolute Gasteiger partial charge is 0.305 e. The van der Waals surface area contributed by atoms with Gasteiger partial charge in [-0.25, -0.2) is 4.68 Å². The number of hydrogen-bond acceptors (Lipinski definition) is 3. The monoisotopic (exact) mass is 439 g/mol. The molecule has 0 unspecified atom stereocenters. The van der Waals surface area contributed by atoms with Gasteiger partial charge in [0.05, 0.1) is 29.2 Å².